The SMILES string of the molecule is CC1(c2ccc(F)cc2)NC(=O)N(Cc2ccc(S(=O)(=O)C(F)F)cc2)C1=O. The lowest BCUT2D eigenvalue weighted by molar-refractivity contribution is -0.131. The van der Waals surface area contributed by atoms with E-state index >= 15 is 0 Å². The highest BCUT2D eigenvalue weighted by atomic mass is 32.2. The summed E-state index contributed by atoms with van der Waals surface area (Å²) < 4.78 is 61.2. The fourth-order valence-corrected chi connectivity index (χ4v) is 3.61. The van der Waals surface area contributed by atoms with Crippen LogP contribution in [0.4, 0.5) is 18.0 Å². The van der Waals surface area contributed by atoms with Gasteiger partial charge in [-0.05, 0) is 42.3 Å². The normalized spacial score (nSPS) is 20.0. The van der Waals surface area contributed by atoms with Crippen LogP contribution in [0.15, 0.2) is 53.4 Å². The van der Waals surface area contributed by atoms with Crippen molar-refractivity contribution in [2.24, 2.45) is 0 Å². The number of benzene rings is 2. The van der Waals surface area contributed by atoms with E-state index in [9.17, 15) is 31.2 Å². The van der Waals surface area contributed by atoms with E-state index in [1.807, 2.05) is 0 Å². The second-order valence-electron chi connectivity index (χ2n) is 6.40. The van der Waals surface area contributed by atoms with E-state index in [2.05, 4.69) is 5.32 Å². The maximum absolute atomic E-state index is 13.1. The van der Waals surface area contributed by atoms with Crippen molar-refractivity contribution in [3.63, 3.8) is 0 Å². The maximum atomic E-state index is 13.1. The number of alkyl halides is 2. The Morgan fingerprint density at radius 3 is 2.14 bits per heavy atom. The molecule has 2 aromatic carbocycles. The highest BCUT2D eigenvalue weighted by molar-refractivity contribution is 7.91. The number of hydrogen-bond acceptors (Lipinski definition) is 4. The van der Waals surface area contributed by atoms with Gasteiger partial charge >= 0.3 is 11.8 Å². The second-order valence-corrected chi connectivity index (χ2v) is 8.32. The summed E-state index contributed by atoms with van der Waals surface area (Å²) in [6, 6.07) is 8.94. The number of halogens is 3. The molecule has 6 nitrogen and oxygen atoms in total. The molecular formula is C18H15F3N2O4S. The molecular weight excluding hydrogens is 397 g/mol. The first-order chi connectivity index (χ1) is 13.1. The van der Waals surface area contributed by atoms with Crippen molar-refractivity contribution >= 4 is 21.8 Å². The van der Waals surface area contributed by atoms with E-state index in [0.29, 0.717) is 11.1 Å². The van der Waals surface area contributed by atoms with Crippen molar-refractivity contribution in [2.45, 2.75) is 29.7 Å². The van der Waals surface area contributed by atoms with Gasteiger partial charge in [0.2, 0.25) is 9.84 Å². The van der Waals surface area contributed by atoms with Crippen molar-refractivity contribution in [3.8, 4) is 0 Å². The summed E-state index contributed by atoms with van der Waals surface area (Å²) in [5, 5.41) is 2.56. The van der Waals surface area contributed by atoms with Crippen LogP contribution in [0.25, 0.3) is 0 Å². The summed E-state index contributed by atoms with van der Waals surface area (Å²) in [5.41, 5.74) is -0.614. The van der Waals surface area contributed by atoms with Gasteiger partial charge in [0, 0.05) is 0 Å². The Morgan fingerprint density at radius 1 is 1.04 bits per heavy atom. The van der Waals surface area contributed by atoms with E-state index < -0.39 is 43.8 Å². The van der Waals surface area contributed by atoms with Gasteiger partial charge in [-0.25, -0.2) is 17.6 Å². The van der Waals surface area contributed by atoms with Gasteiger partial charge in [0.1, 0.15) is 11.4 Å². The number of urea groups is 1. The molecule has 3 rings (SSSR count). The summed E-state index contributed by atoms with van der Waals surface area (Å²) >= 11 is 0. The predicted molar refractivity (Wildman–Crippen MR) is 92.5 cm³/mol. The van der Waals surface area contributed by atoms with Gasteiger partial charge in [-0.15, -0.1) is 0 Å². The first kappa shape index (κ1) is 19.9. The standard InChI is InChI=1S/C18H15F3N2O4S/c1-18(12-4-6-13(19)7-5-12)15(24)23(17(25)22-18)10-11-2-8-14(9-3-11)28(26,27)16(20)21/h2-9,16H,10H2,1H3,(H,22,25). The molecule has 1 aliphatic heterocycles. The number of nitrogens with zero attached hydrogens (tertiary/aromatic N) is 1. The summed E-state index contributed by atoms with van der Waals surface area (Å²) in [6.07, 6.45) is 0. The first-order valence-corrected chi connectivity index (χ1v) is 9.61. The van der Waals surface area contributed by atoms with Gasteiger partial charge in [-0.2, -0.15) is 8.78 Å². The molecule has 0 aliphatic carbocycles. The maximum Gasteiger partial charge on any atom is 0.341 e. The van der Waals surface area contributed by atoms with Crippen molar-refractivity contribution in [1.82, 2.24) is 10.2 Å². The third kappa shape index (κ3) is 3.35. The Labute approximate surface area is 158 Å². The van der Waals surface area contributed by atoms with E-state index in [1.54, 1.807) is 0 Å². The molecule has 1 fully saturated rings. The van der Waals surface area contributed by atoms with Crippen LogP contribution < -0.4 is 5.32 Å². The molecule has 2 aromatic rings. The van der Waals surface area contributed by atoms with Crippen LogP contribution in [0.2, 0.25) is 0 Å². The topological polar surface area (TPSA) is 83.6 Å². The fourth-order valence-electron chi connectivity index (χ4n) is 2.89. The number of nitrogens with one attached hydrogen (secondary N) is 1. The van der Waals surface area contributed by atoms with Crippen LogP contribution in [-0.2, 0) is 26.7 Å². The Hall–Kier alpha value is -2.88. The molecule has 1 saturated heterocycles. The summed E-state index contributed by atoms with van der Waals surface area (Å²) in [7, 11) is -4.72. The molecule has 148 valence electrons. The number of carbonyl (C=O) groups is 2. The molecule has 0 spiro atoms. The van der Waals surface area contributed by atoms with Crippen LogP contribution in [0.3, 0.4) is 0 Å². The predicted octanol–water partition coefficient (Wildman–Crippen LogP) is 2.79. The lowest BCUT2D eigenvalue weighted by Gasteiger charge is -2.22. The number of carbonyl (C=O) groups excluding carboxylic acids is 2. The van der Waals surface area contributed by atoms with Crippen molar-refractivity contribution in [3.05, 3.63) is 65.5 Å². The lowest BCUT2D eigenvalue weighted by atomic mass is 9.92. The zero-order valence-electron chi connectivity index (χ0n) is 14.5. The van der Waals surface area contributed by atoms with Gasteiger partial charge in [0.25, 0.3) is 5.91 Å². The van der Waals surface area contributed by atoms with Gasteiger partial charge in [-0.1, -0.05) is 24.3 Å². The number of imide groups is 1. The highest BCUT2D eigenvalue weighted by Gasteiger charge is 2.48. The van der Waals surface area contributed by atoms with E-state index in [0.717, 1.165) is 17.0 Å². The molecule has 1 unspecified atom stereocenters. The minimum atomic E-state index is -4.72. The zero-order valence-corrected chi connectivity index (χ0v) is 15.3. The molecule has 0 bridgehead atoms. The zero-order chi connectivity index (χ0) is 20.7. The van der Waals surface area contributed by atoms with E-state index in [1.165, 1.54) is 43.3 Å². The van der Waals surface area contributed by atoms with Crippen LogP contribution in [-0.4, -0.2) is 31.0 Å². The molecule has 0 saturated carbocycles. The average Bonchev–Trinajstić information content (AvgIpc) is 2.86. The minimum absolute atomic E-state index is 0.184. The Kier molecular flexibility index (Phi) is 4.92. The molecule has 1 N–H and O–H groups in total. The van der Waals surface area contributed by atoms with Crippen LogP contribution >= 0.6 is 0 Å². The van der Waals surface area contributed by atoms with Gasteiger partial charge in [0.05, 0.1) is 11.4 Å². The van der Waals surface area contributed by atoms with Gasteiger partial charge in [0.15, 0.2) is 0 Å². The number of sulfone groups is 1. The van der Waals surface area contributed by atoms with E-state index in [-0.39, 0.29) is 6.54 Å². The van der Waals surface area contributed by atoms with E-state index in [4.69, 9.17) is 0 Å². The second kappa shape index (κ2) is 6.93. The summed E-state index contributed by atoms with van der Waals surface area (Å²) in [6.45, 7) is 1.30. The fraction of sp³-hybridized carbons (Fsp3) is 0.222. The van der Waals surface area contributed by atoms with Crippen molar-refractivity contribution < 1.29 is 31.2 Å². The van der Waals surface area contributed by atoms with Crippen LogP contribution in [0.1, 0.15) is 18.1 Å². The Bertz CT molecular complexity index is 1020. The molecule has 28 heavy (non-hydrogen) atoms. The first-order valence-electron chi connectivity index (χ1n) is 8.07. The largest absolute Gasteiger partial charge is 0.341 e. The molecule has 1 aliphatic rings. The smallest absolute Gasteiger partial charge is 0.319 e. The van der Waals surface area contributed by atoms with Crippen LogP contribution in [0, 0.1) is 5.82 Å². The summed E-state index contributed by atoms with van der Waals surface area (Å²) in [4.78, 5) is 25.4. The molecule has 10 heteroatoms. The highest BCUT2D eigenvalue weighted by Crippen LogP contribution is 2.30. The molecule has 0 aromatic heterocycles. The summed E-state index contributed by atoms with van der Waals surface area (Å²) in [5.74, 6) is -4.60. The Morgan fingerprint density at radius 2 is 1.61 bits per heavy atom. The average molecular weight is 412 g/mol. The monoisotopic (exact) mass is 412 g/mol. The quantitative estimate of drug-likeness (QED) is 0.766. The number of hydrogen-bond donors (Lipinski definition) is 1. The minimum Gasteiger partial charge on any atom is -0.319 e. The van der Waals surface area contributed by atoms with Crippen molar-refractivity contribution in [2.75, 3.05) is 0 Å². The third-order valence-electron chi connectivity index (χ3n) is 4.52. The van der Waals surface area contributed by atoms with Crippen molar-refractivity contribution in [1.29, 1.82) is 0 Å². The number of amides is 3. The molecule has 1 atom stereocenters. The number of rotatable bonds is 5. The Balaban J connectivity index is 1.82. The molecule has 0 radical (unpaired) electrons. The molecule has 3 amide bonds. The molecule has 1 heterocycles. The van der Waals surface area contributed by atoms with Gasteiger partial charge in [-0.3, -0.25) is 9.69 Å². The lowest BCUT2D eigenvalue weighted by Crippen LogP contribution is -2.40. The van der Waals surface area contributed by atoms with Gasteiger partial charge < -0.3 is 5.32 Å². The van der Waals surface area contributed by atoms with Crippen LogP contribution in [0.5, 0.6) is 0 Å². The third-order valence-corrected chi connectivity index (χ3v) is 5.92.